The van der Waals surface area contributed by atoms with E-state index in [1.54, 1.807) is 0 Å². The zero-order valence-electron chi connectivity index (χ0n) is 17.1. The van der Waals surface area contributed by atoms with Crippen LogP contribution in [0.3, 0.4) is 0 Å². The molecule has 3 nitrogen and oxygen atoms in total. The first-order chi connectivity index (χ1) is 13.6. The number of rotatable bonds is 12. The lowest BCUT2D eigenvalue weighted by molar-refractivity contribution is -0.278. The number of aryl methyl sites for hydroxylation is 1. The predicted octanol–water partition coefficient (Wildman–Crippen LogP) is 6.73. The van der Waals surface area contributed by atoms with Gasteiger partial charge in [-0.1, -0.05) is 81.3 Å². The van der Waals surface area contributed by atoms with Crippen molar-refractivity contribution < 1.29 is 14.9 Å². The third kappa shape index (κ3) is 6.74. The Kier molecular flexibility index (Phi) is 9.12. The van der Waals surface area contributed by atoms with Crippen LogP contribution in [0.15, 0.2) is 61.2 Å². The molecule has 3 heteroatoms. The molecule has 0 aliphatic rings. The third-order valence-corrected chi connectivity index (χ3v) is 5.18. The van der Waals surface area contributed by atoms with Crippen LogP contribution in [0.25, 0.3) is 11.1 Å². The van der Waals surface area contributed by atoms with E-state index in [1.165, 1.54) is 5.56 Å². The van der Waals surface area contributed by atoms with E-state index in [0.29, 0.717) is 17.9 Å². The molecule has 28 heavy (non-hydrogen) atoms. The number of Topliss-reactive ketones (excluding diaryl/α,β-unsaturated/α-hetero) is 1. The summed E-state index contributed by atoms with van der Waals surface area (Å²) in [6.45, 7) is 8.05. The maximum absolute atomic E-state index is 12.5. The van der Waals surface area contributed by atoms with Gasteiger partial charge in [0.05, 0.1) is 6.10 Å². The van der Waals surface area contributed by atoms with Crippen LogP contribution in [0, 0.1) is 5.92 Å². The van der Waals surface area contributed by atoms with E-state index in [0.717, 1.165) is 36.8 Å². The second-order valence-corrected chi connectivity index (χ2v) is 7.52. The number of carbonyl (C=O) groups is 1. The van der Waals surface area contributed by atoms with Gasteiger partial charge < -0.3 is 0 Å². The Morgan fingerprint density at radius 3 is 2.21 bits per heavy atom. The van der Waals surface area contributed by atoms with Crippen molar-refractivity contribution in [2.75, 3.05) is 0 Å². The van der Waals surface area contributed by atoms with Crippen molar-refractivity contribution in [3.63, 3.8) is 0 Å². The largest absolute Gasteiger partial charge is 0.294 e. The van der Waals surface area contributed by atoms with Gasteiger partial charge in [-0.05, 0) is 41.9 Å². The minimum Gasteiger partial charge on any atom is -0.294 e. The number of carbonyl (C=O) groups excluding carboxylic acids is 1. The number of hydrogen-bond donors (Lipinski definition) is 1. The number of hydrogen-bond acceptors (Lipinski definition) is 3. The molecule has 0 bridgehead atoms. The fourth-order valence-corrected chi connectivity index (χ4v) is 3.30. The van der Waals surface area contributed by atoms with Crippen LogP contribution in [-0.4, -0.2) is 17.1 Å². The zero-order valence-corrected chi connectivity index (χ0v) is 17.1. The van der Waals surface area contributed by atoms with E-state index in [9.17, 15) is 4.79 Å². The Hall–Kier alpha value is -2.23. The molecule has 150 valence electrons. The summed E-state index contributed by atoms with van der Waals surface area (Å²) >= 11 is 0. The van der Waals surface area contributed by atoms with Crippen molar-refractivity contribution >= 4 is 5.78 Å². The average Bonchev–Trinajstić information content (AvgIpc) is 2.73. The third-order valence-electron chi connectivity index (χ3n) is 5.18. The minimum absolute atomic E-state index is 0.0133. The Bertz CT molecular complexity index is 731. The van der Waals surface area contributed by atoms with Crippen molar-refractivity contribution in [2.24, 2.45) is 5.92 Å². The lowest BCUT2D eigenvalue weighted by Gasteiger charge is -2.14. The highest BCUT2D eigenvalue weighted by atomic mass is 17.1. The van der Waals surface area contributed by atoms with Gasteiger partial charge in [-0.15, -0.1) is 6.58 Å². The van der Waals surface area contributed by atoms with Crippen LogP contribution in [0.5, 0.6) is 0 Å². The molecule has 0 radical (unpaired) electrons. The Balaban J connectivity index is 1.93. The number of allylic oxidation sites excluding steroid dienone is 1. The van der Waals surface area contributed by atoms with Gasteiger partial charge >= 0.3 is 0 Å². The van der Waals surface area contributed by atoms with Gasteiger partial charge in [-0.3, -0.25) is 10.1 Å². The summed E-state index contributed by atoms with van der Waals surface area (Å²) in [5.74, 6) is 0.416. The van der Waals surface area contributed by atoms with E-state index in [-0.39, 0.29) is 12.2 Å². The second-order valence-electron chi connectivity index (χ2n) is 7.52. The molecule has 2 aromatic carbocycles. The van der Waals surface area contributed by atoms with Gasteiger partial charge in [-0.2, -0.15) is 0 Å². The number of benzene rings is 2. The molecule has 1 N–H and O–H groups in total. The molecule has 0 fully saturated rings. The molecule has 0 amide bonds. The van der Waals surface area contributed by atoms with Crippen LogP contribution in [0.2, 0.25) is 0 Å². The first-order valence-corrected chi connectivity index (χ1v) is 10.2. The van der Waals surface area contributed by atoms with E-state index in [2.05, 4.69) is 49.6 Å². The quantitative estimate of drug-likeness (QED) is 0.192. The van der Waals surface area contributed by atoms with E-state index in [1.807, 2.05) is 30.3 Å². The van der Waals surface area contributed by atoms with Gasteiger partial charge in [0.25, 0.3) is 0 Å². The Morgan fingerprint density at radius 2 is 1.68 bits per heavy atom. The molecule has 2 unspecified atom stereocenters. The van der Waals surface area contributed by atoms with Crippen molar-refractivity contribution in [3.8, 4) is 11.1 Å². The van der Waals surface area contributed by atoms with Crippen LogP contribution in [0.1, 0.15) is 61.9 Å². The highest BCUT2D eigenvalue weighted by Gasteiger charge is 2.16. The standard InChI is InChI=1S/C25H32O3/c1-4-7-20-10-12-21(13-11-20)22-14-16-23(17-15-22)25(26)18-24(28-27)9-6-8-19(3)5-2/h5,10-17,19,24,27H,2,4,6-9,18H2,1,3H3. The van der Waals surface area contributed by atoms with Gasteiger partial charge in [0.1, 0.15) is 0 Å². The predicted molar refractivity (Wildman–Crippen MR) is 116 cm³/mol. The molecular formula is C25H32O3. The normalized spacial score (nSPS) is 13.1. The molecule has 0 spiro atoms. The average molecular weight is 381 g/mol. The first kappa shape index (κ1) is 22.1. The summed E-state index contributed by atoms with van der Waals surface area (Å²) in [5.41, 5.74) is 4.23. The Labute approximate surface area is 169 Å². The van der Waals surface area contributed by atoms with Gasteiger partial charge in [-0.25, -0.2) is 4.89 Å². The van der Waals surface area contributed by atoms with Crippen molar-refractivity contribution in [3.05, 3.63) is 72.3 Å². The lowest BCUT2D eigenvalue weighted by Crippen LogP contribution is -2.17. The Morgan fingerprint density at radius 1 is 1.07 bits per heavy atom. The molecule has 2 rings (SSSR count). The molecule has 2 aromatic rings. The van der Waals surface area contributed by atoms with Crippen LogP contribution < -0.4 is 0 Å². The molecule has 2 atom stereocenters. The molecule has 0 heterocycles. The SMILES string of the molecule is C=CC(C)CCCC(CC(=O)c1ccc(-c2ccc(CCC)cc2)cc1)OO. The molecule has 0 aliphatic carbocycles. The van der Waals surface area contributed by atoms with E-state index < -0.39 is 6.10 Å². The van der Waals surface area contributed by atoms with Gasteiger partial charge in [0, 0.05) is 12.0 Å². The van der Waals surface area contributed by atoms with E-state index >= 15 is 0 Å². The van der Waals surface area contributed by atoms with Crippen molar-refractivity contribution in [2.45, 2.75) is 58.5 Å². The van der Waals surface area contributed by atoms with Crippen LogP contribution in [0.4, 0.5) is 0 Å². The van der Waals surface area contributed by atoms with Crippen LogP contribution in [-0.2, 0) is 11.3 Å². The molecule has 0 saturated carbocycles. The summed E-state index contributed by atoms with van der Waals surface area (Å²) in [6, 6.07) is 16.2. The minimum atomic E-state index is -0.463. The maximum atomic E-state index is 12.5. The molecule has 0 aromatic heterocycles. The molecule has 0 aliphatic heterocycles. The topological polar surface area (TPSA) is 46.5 Å². The molecule has 0 saturated heterocycles. The smallest absolute Gasteiger partial charge is 0.165 e. The maximum Gasteiger partial charge on any atom is 0.165 e. The fourth-order valence-electron chi connectivity index (χ4n) is 3.30. The summed E-state index contributed by atoms with van der Waals surface area (Å²) in [4.78, 5) is 17.1. The molecular weight excluding hydrogens is 348 g/mol. The van der Waals surface area contributed by atoms with Gasteiger partial charge in [0.2, 0.25) is 0 Å². The van der Waals surface area contributed by atoms with Crippen molar-refractivity contribution in [1.29, 1.82) is 0 Å². The van der Waals surface area contributed by atoms with Crippen LogP contribution >= 0.6 is 0 Å². The summed E-state index contributed by atoms with van der Waals surface area (Å²) in [5, 5.41) is 9.13. The summed E-state index contributed by atoms with van der Waals surface area (Å²) < 4.78 is 0. The second kappa shape index (κ2) is 11.6. The fraction of sp³-hybridized carbons (Fsp3) is 0.400. The van der Waals surface area contributed by atoms with Crippen molar-refractivity contribution in [1.82, 2.24) is 0 Å². The zero-order chi connectivity index (χ0) is 20.4. The summed E-state index contributed by atoms with van der Waals surface area (Å²) in [7, 11) is 0. The summed E-state index contributed by atoms with van der Waals surface area (Å²) in [6.07, 6.45) is 6.39. The number of ketones is 1. The van der Waals surface area contributed by atoms with E-state index in [4.69, 9.17) is 5.26 Å². The van der Waals surface area contributed by atoms with Gasteiger partial charge in [0.15, 0.2) is 5.78 Å². The monoisotopic (exact) mass is 380 g/mol. The lowest BCUT2D eigenvalue weighted by atomic mass is 9.97. The highest BCUT2D eigenvalue weighted by molar-refractivity contribution is 5.96. The highest BCUT2D eigenvalue weighted by Crippen LogP contribution is 2.22. The first-order valence-electron chi connectivity index (χ1n) is 10.2.